The molecule has 10 heteroatoms. The number of rotatable bonds is 5. The molecule has 3 aromatic carbocycles. The van der Waals surface area contributed by atoms with Gasteiger partial charge in [-0.1, -0.05) is 41.9 Å². The zero-order valence-corrected chi connectivity index (χ0v) is 16.7. The highest BCUT2D eigenvalue weighted by molar-refractivity contribution is 6.31. The van der Waals surface area contributed by atoms with Crippen LogP contribution in [0.5, 0.6) is 0 Å². The second kappa shape index (κ2) is 8.82. The van der Waals surface area contributed by atoms with Crippen LogP contribution in [0.3, 0.4) is 0 Å². The van der Waals surface area contributed by atoms with Gasteiger partial charge in [-0.15, -0.1) is 0 Å². The summed E-state index contributed by atoms with van der Waals surface area (Å²) in [5, 5.41) is 1.37. The highest BCUT2D eigenvalue weighted by atomic mass is 35.5. The predicted octanol–water partition coefficient (Wildman–Crippen LogP) is 6.83. The van der Waals surface area contributed by atoms with Crippen LogP contribution in [-0.4, -0.2) is 12.5 Å². The molecule has 168 valence electrons. The Bertz CT molecular complexity index is 1160. The lowest BCUT2D eigenvalue weighted by atomic mass is 10.0. The van der Waals surface area contributed by atoms with E-state index >= 15 is 0 Å². The molecule has 1 N–H and O–H groups in total. The van der Waals surface area contributed by atoms with Crippen LogP contribution >= 0.6 is 11.6 Å². The second-order valence-electron chi connectivity index (χ2n) is 6.75. The third-order valence-corrected chi connectivity index (χ3v) is 4.88. The fraction of sp³-hybridized carbons (Fsp3) is 0.136. The van der Waals surface area contributed by atoms with Crippen molar-refractivity contribution < 1.29 is 35.5 Å². The molecule has 0 saturated carbocycles. The van der Waals surface area contributed by atoms with Crippen LogP contribution in [0.2, 0.25) is 5.02 Å². The summed E-state index contributed by atoms with van der Waals surface area (Å²) in [6.07, 6.45) is -4.84. The number of benzene rings is 3. The molecule has 0 aromatic heterocycles. The highest BCUT2D eigenvalue weighted by Crippen LogP contribution is 2.36. The monoisotopic (exact) mass is 475 g/mol. The molecule has 1 amide bonds. The van der Waals surface area contributed by atoms with Crippen LogP contribution in [-0.2, 0) is 12.1 Å². The molecule has 0 aliphatic carbocycles. The smallest absolute Gasteiger partial charge is 0.346 e. The Hall–Kier alpha value is -3.07. The Morgan fingerprint density at radius 2 is 1.44 bits per heavy atom. The third-order valence-electron chi connectivity index (χ3n) is 4.56. The number of nitrogens with one attached hydrogen (secondary N) is 1. The van der Waals surface area contributed by atoms with Gasteiger partial charge in [0, 0.05) is 5.56 Å². The maximum Gasteiger partial charge on any atom is 0.417 e. The van der Waals surface area contributed by atoms with Gasteiger partial charge in [0.05, 0.1) is 22.7 Å². The Kier molecular flexibility index (Phi) is 6.50. The molecule has 0 spiro atoms. The summed E-state index contributed by atoms with van der Waals surface area (Å²) in [5.41, 5.74) is -2.32. The quantitative estimate of drug-likeness (QED) is 0.403. The van der Waals surface area contributed by atoms with Gasteiger partial charge in [0.1, 0.15) is 0 Å². The number of carbonyl (C=O) groups excluding carboxylic acids is 1. The molecule has 0 atom stereocenters. The Morgan fingerprint density at radius 1 is 0.812 bits per heavy atom. The Labute approximate surface area is 182 Å². The van der Waals surface area contributed by atoms with Crippen LogP contribution in [0.4, 0.5) is 30.7 Å². The minimum absolute atomic E-state index is 0.192. The number of hydrogen-bond acceptors (Lipinski definition) is 1. The van der Waals surface area contributed by atoms with E-state index in [1.165, 1.54) is 18.2 Å². The van der Waals surface area contributed by atoms with Crippen molar-refractivity contribution in [3.63, 3.8) is 0 Å². The van der Waals surface area contributed by atoms with Crippen molar-refractivity contribution in [3.8, 4) is 11.1 Å². The van der Waals surface area contributed by atoms with Crippen molar-refractivity contribution in [3.05, 3.63) is 94.0 Å². The lowest BCUT2D eigenvalue weighted by Crippen LogP contribution is -2.36. The summed E-state index contributed by atoms with van der Waals surface area (Å²) in [4.78, 5) is 12.1. The summed E-state index contributed by atoms with van der Waals surface area (Å²) in [6.45, 7) is -1.32. The van der Waals surface area contributed by atoms with Crippen LogP contribution in [0.1, 0.15) is 21.5 Å². The van der Waals surface area contributed by atoms with Crippen molar-refractivity contribution in [2.45, 2.75) is 12.1 Å². The Morgan fingerprint density at radius 3 is 2.06 bits per heavy atom. The lowest BCUT2D eigenvalue weighted by Gasteiger charge is -2.20. The number of amides is 1. The van der Waals surface area contributed by atoms with Gasteiger partial charge in [-0.2, -0.15) is 22.0 Å². The molecule has 0 fully saturated rings. The van der Waals surface area contributed by atoms with Crippen molar-refractivity contribution in [1.82, 2.24) is 5.32 Å². The molecule has 0 bridgehead atoms. The zero-order chi connectivity index (χ0) is 23.7. The van der Waals surface area contributed by atoms with Gasteiger partial charge in [-0.25, -0.2) is 8.78 Å². The number of halogens is 8. The summed E-state index contributed by atoms with van der Waals surface area (Å²) in [5.74, 6) is -7.26. The van der Waals surface area contributed by atoms with E-state index in [0.717, 1.165) is 36.4 Å². The van der Waals surface area contributed by atoms with Crippen LogP contribution in [0.15, 0.2) is 60.7 Å². The van der Waals surface area contributed by atoms with Gasteiger partial charge in [0.25, 0.3) is 11.8 Å². The van der Waals surface area contributed by atoms with E-state index < -0.39 is 57.9 Å². The van der Waals surface area contributed by atoms with E-state index in [2.05, 4.69) is 0 Å². The van der Waals surface area contributed by atoms with Crippen LogP contribution in [0, 0.1) is 11.6 Å². The van der Waals surface area contributed by atoms with Gasteiger partial charge >= 0.3 is 6.18 Å². The maximum absolute atomic E-state index is 14.6. The van der Waals surface area contributed by atoms with Crippen LogP contribution in [0.25, 0.3) is 11.1 Å². The average Bonchev–Trinajstić information content (AvgIpc) is 2.73. The van der Waals surface area contributed by atoms with Crippen molar-refractivity contribution >= 4 is 17.5 Å². The average molecular weight is 476 g/mol. The fourth-order valence-electron chi connectivity index (χ4n) is 2.98. The molecule has 3 rings (SSSR count). The maximum atomic E-state index is 14.6. The molecule has 2 nitrogen and oxygen atoms in total. The molecule has 0 aliphatic rings. The first-order valence-electron chi connectivity index (χ1n) is 8.98. The summed E-state index contributed by atoms with van der Waals surface area (Å²) < 4.78 is 94.9. The third kappa shape index (κ3) is 5.04. The van der Waals surface area contributed by atoms with E-state index in [0.29, 0.717) is 6.07 Å². The van der Waals surface area contributed by atoms with E-state index in [-0.39, 0.29) is 11.1 Å². The molecular weight excluding hydrogens is 463 g/mol. The Balaban J connectivity index is 1.80. The second-order valence-corrected chi connectivity index (χ2v) is 7.16. The zero-order valence-electron chi connectivity index (χ0n) is 15.9. The largest absolute Gasteiger partial charge is 0.417 e. The summed E-state index contributed by atoms with van der Waals surface area (Å²) >= 11 is 5.94. The molecule has 0 aliphatic heterocycles. The summed E-state index contributed by atoms with van der Waals surface area (Å²) in [6, 6.07) is 10.0. The molecule has 0 radical (unpaired) electrons. The van der Waals surface area contributed by atoms with Crippen molar-refractivity contribution in [2.24, 2.45) is 0 Å². The first kappa shape index (κ1) is 23.6. The van der Waals surface area contributed by atoms with Gasteiger partial charge in [0.15, 0.2) is 11.6 Å². The molecule has 32 heavy (non-hydrogen) atoms. The molecular formula is C22H13ClF7NO. The topological polar surface area (TPSA) is 29.1 Å². The van der Waals surface area contributed by atoms with Crippen molar-refractivity contribution in [2.75, 3.05) is 6.54 Å². The first-order chi connectivity index (χ1) is 14.9. The molecule has 0 unspecified atom stereocenters. The molecule has 3 aromatic rings. The van der Waals surface area contributed by atoms with Crippen molar-refractivity contribution in [1.29, 1.82) is 0 Å². The lowest BCUT2D eigenvalue weighted by molar-refractivity contribution is -0.137. The van der Waals surface area contributed by atoms with E-state index in [9.17, 15) is 35.5 Å². The molecule has 0 saturated heterocycles. The minimum atomic E-state index is -4.84. The van der Waals surface area contributed by atoms with Gasteiger partial charge in [-0.05, 0) is 41.5 Å². The normalized spacial score (nSPS) is 12.0. The van der Waals surface area contributed by atoms with Gasteiger partial charge in [-0.3, -0.25) is 4.79 Å². The van der Waals surface area contributed by atoms with E-state index in [4.69, 9.17) is 11.6 Å². The minimum Gasteiger partial charge on any atom is -0.346 e. The van der Waals surface area contributed by atoms with E-state index in [1.807, 2.05) is 0 Å². The van der Waals surface area contributed by atoms with Crippen LogP contribution < -0.4 is 5.32 Å². The highest BCUT2D eigenvalue weighted by Gasteiger charge is 2.37. The fourth-order valence-corrected chi connectivity index (χ4v) is 3.30. The first-order valence-corrected chi connectivity index (χ1v) is 9.35. The number of carbonyl (C=O) groups is 1. The standard InChI is InChI=1S/C22H13ClF7NO/c23-17-9-12(13-6-8-18(24)19(25)10-13)5-7-16(17)21(26,27)11-31-20(32)14-3-1-2-4-15(14)22(28,29)30/h1-10H,11H2,(H,31,32). The summed E-state index contributed by atoms with van der Waals surface area (Å²) in [7, 11) is 0. The molecule has 0 heterocycles. The number of alkyl halides is 5. The predicted molar refractivity (Wildman–Crippen MR) is 104 cm³/mol. The van der Waals surface area contributed by atoms with E-state index in [1.54, 1.807) is 5.32 Å². The van der Waals surface area contributed by atoms with Gasteiger partial charge in [0.2, 0.25) is 0 Å². The SMILES string of the molecule is O=C(NCC(F)(F)c1ccc(-c2ccc(F)c(F)c2)cc1Cl)c1ccccc1C(F)(F)F. The number of hydrogen-bond donors (Lipinski definition) is 1. The van der Waals surface area contributed by atoms with Gasteiger partial charge < -0.3 is 5.32 Å².